The van der Waals surface area contributed by atoms with E-state index in [-0.39, 0.29) is 17.9 Å². The summed E-state index contributed by atoms with van der Waals surface area (Å²) in [6, 6.07) is 6.59. The summed E-state index contributed by atoms with van der Waals surface area (Å²) < 4.78 is 10.7. The van der Waals surface area contributed by atoms with Crippen molar-refractivity contribution in [2.75, 3.05) is 18.6 Å². The first kappa shape index (κ1) is 18.2. The van der Waals surface area contributed by atoms with E-state index in [9.17, 15) is 9.59 Å². The van der Waals surface area contributed by atoms with E-state index in [1.54, 1.807) is 24.3 Å². The van der Waals surface area contributed by atoms with Gasteiger partial charge in [-0.1, -0.05) is 6.42 Å². The Morgan fingerprint density at radius 2 is 1.65 bits per heavy atom. The lowest BCUT2D eigenvalue weighted by molar-refractivity contribution is -0.141. The standard InChI is InChI=1S/C20H24O4S2/c1-23-18(21)13-5-7-17(8-6-13)24-19(22)14-11-15-3-2-4-16(12-14)20(15)25-9-10-26-20/h5-8,14-16H,2-4,9-12H2,1H3/t14?,15-,16+. The molecule has 0 aromatic heterocycles. The topological polar surface area (TPSA) is 52.6 Å². The normalized spacial score (nSPS) is 29.3. The maximum absolute atomic E-state index is 12.7. The molecule has 1 heterocycles. The molecule has 1 aliphatic heterocycles. The number of carbonyl (C=O) groups is 2. The minimum atomic E-state index is -0.389. The molecule has 1 unspecified atom stereocenters. The minimum Gasteiger partial charge on any atom is -0.465 e. The van der Waals surface area contributed by atoms with E-state index in [2.05, 4.69) is 28.3 Å². The molecule has 2 aliphatic carbocycles. The van der Waals surface area contributed by atoms with Crippen LogP contribution < -0.4 is 4.74 Å². The van der Waals surface area contributed by atoms with Crippen LogP contribution in [-0.2, 0) is 9.53 Å². The summed E-state index contributed by atoms with van der Waals surface area (Å²) >= 11 is 4.30. The fourth-order valence-electron chi connectivity index (χ4n) is 4.78. The SMILES string of the molecule is COC(=O)c1ccc(OC(=O)C2C[C@H]3CCC[C@@H](C2)C32SCCS2)cc1. The number of benzene rings is 1. The highest BCUT2D eigenvalue weighted by atomic mass is 32.2. The van der Waals surface area contributed by atoms with E-state index in [1.165, 1.54) is 37.9 Å². The van der Waals surface area contributed by atoms with Crippen molar-refractivity contribution in [3.05, 3.63) is 29.8 Å². The zero-order chi connectivity index (χ0) is 18.1. The molecule has 1 aromatic rings. The van der Waals surface area contributed by atoms with Gasteiger partial charge in [0.15, 0.2) is 0 Å². The predicted octanol–water partition coefficient (Wildman–Crippen LogP) is 4.38. The third-order valence-electron chi connectivity index (χ3n) is 5.95. The Kier molecular flexibility index (Phi) is 5.24. The monoisotopic (exact) mass is 392 g/mol. The summed E-state index contributed by atoms with van der Waals surface area (Å²) in [4.78, 5) is 24.2. The molecule has 3 atom stereocenters. The van der Waals surface area contributed by atoms with Crippen LogP contribution in [0.15, 0.2) is 24.3 Å². The van der Waals surface area contributed by atoms with Crippen molar-refractivity contribution in [2.24, 2.45) is 17.8 Å². The first-order valence-electron chi connectivity index (χ1n) is 9.30. The van der Waals surface area contributed by atoms with Gasteiger partial charge < -0.3 is 9.47 Å². The molecule has 140 valence electrons. The van der Waals surface area contributed by atoms with E-state index < -0.39 is 0 Å². The second kappa shape index (κ2) is 7.47. The van der Waals surface area contributed by atoms with Gasteiger partial charge in [-0.3, -0.25) is 4.79 Å². The number of thioether (sulfide) groups is 2. The summed E-state index contributed by atoms with van der Waals surface area (Å²) in [5.41, 5.74) is 0.455. The number of rotatable bonds is 3. The third-order valence-corrected chi connectivity index (χ3v) is 9.96. The molecule has 0 N–H and O–H groups in total. The van der Waals surface area contributed by atoms with Gasteiger partial charge in [0, 0.05) is 11.5 Å². The number of hydrogen-bond donors (Lipinski definition) is 0. The van der Waals surface area contributed by atoms with Crippen molar-refractivity contribution >= 4 is 35.5 Å². The summed E-state index contributed by atoms with van der Waals surface area (Å²) in [7, 11) is 1.35. The van der Waals surface area contributed by atoms with E-state index in [1.807, 2.05) is 0 Å². The molecular weight excluding hydrogens is 368 g/mol. The van der Waals surface area contributed by atoms with Gasteiger partial charge in [0.2, 0.25) is 0 Å². The van der Waals surface area contributed by atoms with Crippen LogP contribution in [-0.4, -0.2) is 34.6 Å². The van der Waals surface area contributed by atoms with E-state index in [0.717, 1.165) is 12.8 Å². The zero-order valence-electron chi connectivity index (χ0n) is 14.9. The van der Waals surface area contributed by atoms with Crippen molar-refractivity contribution in [3.63, 3.8) is 0 Å². The third kappa shape index (κ3) is 3.26. The molecule has 1 saturated heterocycles. The average molecular weight is 393 g/mol. The van der Waals surface area contributed by atoms with E-state index >= 15 is 0 Å². The van der Waals surface area contributed by atoms with Crippen LogP contribution in [0.1, 0.15) is 42.5 Å². The Bertz CT molecular complexity index is 666. The van der Waals surface area contributed by atoms with Crippen molar-refractivity contribution in [1.82, 2.24) is 0 Å². The minimum absolute atomic E-state index is 0.00184. The molecule has 1 spiro atoms. The predicted molar refractivity (Wildman–Crippen MR) is 105 cm³/mol. The highest BCUT2D eigenvalue weighted by Gasteiger charge is 2.55. The molecule has 2 saturated carbocycles. The molecule has 4 rings (SSSR count). The molecular formula is C20H24O4S2. The molecule has 6 heteroatoms. The van der Waals surface area contributed by atoms with Crippen LogP contribution >= 0.6 is 23.5 Å². The van der Waals surface area contributed by atoms with Gasteiger partial charge in [-0.25, -0.2) is 4.79 Å². The molecule has 4 nitrogen and oxygen atoms in total. The highest BCUT2D eigenvalue weighted by Crippen LogP contribution is 2.64. The zero-order valence-corrected chi connectivity index (χ0v) is 16.6. The highest BCUT2D eigenvalue weighted by molar-refractivity contribution is 8.21. The summed E-state index contributed by atoms with van der Waals surface area (Å²) in [5.74, 6) is 3.75. The van der Waals surface area contributed by atoms with Crippen LogP contribution in [0.25, 0.3) is 0 Å². The van der Waals surface area contributed by atoms with Crippen molar-refractivity contribution in [2.45, 2.75) is 36.2 Å². The summed E-state index contributed by atoms with van der Waals surface area (Å²) in [6.45, 7) is 0. The van der Waals surface area contributed by atoms with Crippen LogP contribution in [0.5, 0.6) is 5.75 Å². The molecule has 0 radical (unpaired) electrons. The number of hydrogen-bond acceptors (Lipinski definition) is 6. The first-order valence-corrected chi connectivity index (χ1v) is 11.3. The van der Waals surface area contributed by atoms with Gasteiger partial charge in [-0.15, -0.1) is 23.5 Å². The Hall–Kier alpha value is -1.14. The second-order valence-corrected chi connectivity index (χ2v) is 10.4. The molecule has 3 fully saturated rings. The Morgan fingerprint density at radius 1 is 1.04 bits per heavy atom. The lowest BCUT2D eigenvalue weighted by atomic mass is 9.67. The number of methoxy groups -OCH3 is 1. The van der Waals surface area contributed by atoms with Gasteiger partial charge in [0.05, 0.1) is 22.7 Å². The van der Waals surface area contributed by atoms with Crippen molar-refractivity contribution in [1.29, 1.82) is 0 Å². The number of ether oxygens (including phenoxy) is 2. The fraction of sp³-hybridized carbons (Fsp3) is 0.600. The van der Waals surface area contributed by atoms with Crippen molar-refractivity contribution in [3.8, 4) is 5.75 Å². The Morgan fingerprint density at radius 3 is 2.23 bits per heavy atom. The largest absolute Gasteiger partial charge is 0.465 e. The van der Waals surface area contributed by atoms with Gasteiger partial charge >= 0.3 is 11.9 Å². The quantitative estimate of drug-likeness (QED) is 0.562. The van der Waals surface area contributed by atoms with Gasteiger partial charge in [0.25, 0.3) is 0 Å². The molecule has 2 bridgehead atoms. The first-order chi connectivity index (χ1) is 12.6. The maximum Gasteiger partial charge on any atom is 0.337 e. The molecule has 26 heavy (non-hydrogen) atoms. The van der Waals surface area contributed by atoms with E-state index in [4.69, 9.17) is 4.74 Å². The average Bonchev–Trinajstić information content (AvgIpc) is 3.11. The second-order valence-electron chi connectivity index (χ2n) is 7.35. The van der Waals surface area contributed by atoms with Gasteiger partial charge in [0.1, 0.15) is 5.75 Å². The summed E-state index contributed by atoms with van der Waals surface area (Å²) in [6.07, 6.45) is 5.70. The van der Waals surface area contributed by atoms with E-state index in [0.29, 0.717) is 27.2 Å². The van der Waals surface area contributed by atoms with Crippen LogP contribution in [0.3, 0.4) is 0 Å². The molecule has 0 amide bonds. The van der Waals surface area contributed by atoms with Crippen LogP contribution in [0.4, 0.5) is 0 Å². The van der Waals surface area contributed by atoms with Crippen molar-refractivity contribution < 1.29 is 19.1 Å². The lowest BCUT2D eigenvalue weighted by Crippen LogP contribution is -2.48. The molecule has 3 aliphatic rings. The Labute approximate surface area is 162 Å². The van der Waals surface area contributed by atoms with Crippen LogP contribution in [0.2, 0.25) is 0 Å². The number of carbonyl (C=O) groups excluding carboxylic acids is 2. The maximum atomic E-state index is 12.7. The molecule has 1 aromatic carbocycles. The lowest BCUT2D eigenvalue weighted by Gasteiger charge is -2.51. The van der Waals surface area contributed by atoms with Crippen LogP contribution in [0, 0.1) is 17.8 Å². The number of esters is 2. The Balaban J connectivity index is 1.42. The van der Waals surface area contributed by atoms with Gasteiger partial charge in [-0.05, 0) is 61.8 Å². The van der Waals surface area contributed by atoms with Gasteiger partial charge in [-0.2, -0.15) is 0 Å². The summed E-state index contributed by atoms with van der Waals surface area (Å²) in [5, 5.41) is 0. The fourth-order valence-corrected chi connectivity index (χ4v) is 8.72. The smallest absolute Gasteiger partial charge is 0.337 e.